The minimum absolute atomic E-state index is 0.118. The van der Waals surface area contributed by atoms with Gasteiger partial charge in [0.1, 0.15) is 12.4 Å². The van der Waals surface area contributed by atoms with Crippen molar-refractivity contribution in [1.82, 2.24) is 19.7 Å². The van der Waals surface area contributed by atoms with E-state index in [-0.39, 0.29) is 6.10 Å². The smallest absolute Gasteiger partial charge is 0.163 e. The summed E-state index contributed by atoms with van der Waals surface area (Å²) in [6, 6.07) is 7.34. The molecule has 0 saturated carbocycles. The fraction of sp³-hybridized carbons (Fsp3) is 0.467. The van der Waals surface area contributed by atoms with Gasteiger partial charge in [-0.2, -0.15) is 0 Å². The monoisotopic (exact) mass is 322 g/mol. The van der Waals surface area contributed by atoms with Crippen LogP contribution in [0.3, 0.4) is 0 Å². The average Bonchev–Trinajstić information content (AvgIpc) is 2.94. The van der Waals surface area contributed by atoms with Crippen molar-refractivity contribution in [3.8, 4) is 0 Å². The maximum atomic E-state index is 10.4. The number of β-amino-alcohol motifs (C(OH)–C–C–N with tert-alkyl or cyclic N) is 1. The van der Waals surface area contributed by atoms with Gasteiger partial charge >= 0.3 is 0 Å². The number of rotatable bonds is 4. The molecule has 2 aromatic rings. The maximum absolute atomic E-state index is 10.4. The fourth-order valence-corrected chi connectivity index (χ4v) is 2.87. The summed E-state index contributed by atoms with van der Waals surface area (Å²) < 4.78 is 7.63. The first-order valence-electron chi connectivity index (χ1n) is 7.25. The fourth-order valence-electron chi connectivity index (χ4n) is 2.67. The van der Waals surface area contributed by atoms with E-state index in [1.807, 2.05) is 23.7 Å². The Hall–Kier alpha value is -1.47. The average molecular weight is 323 g/mol. The van der Waals surface area contributed by atoms with Crippen LogP contribution in [0.15, 0.2) is 30.6 Å². The van der Waals surface area contributed by atoms with Gasteiger partial charge in [-0.15, -0.1) is 10.2 Å². The first-order chi connectivity index (χ1) is 10.6. The first kappa shape index (κ1) is 15.4. The lowest BCUT2D eigenvalue weighted by atomic mass is 10.1. The molecular weight excluding hydrogens is 304 g/mol. The van der Waals surface area contributed by atoms with Gasteiger partial charge < -0.3 is 14.4 Å². The largest absolute Gasteiger partial charge is 0.387 e. The van der Waals surface area contributed by atoms with Gasteiger partial charge in [0, 0.05) is 31.7 Å². The molecule has 7 heteroatoms. The van der Waals surface area contributed by atoms with E-state index >= 15 is 0 Å². The second-order valence-corrected chi connectivity index (χ2v) is 5.93. The van der Waals surface area contributed by atoms with E-state index in [0.29, 0.717) is 24.7 Å². The molecule has 1 aromatic carbocycles. The minimum Gasteiger partial charge on any atom is -0.387 e. The number of nitrogens with zero attached hydrogens (tertiary/aromatic N) is 4. The van der Waals surface area contributed by atoms with Crippen LogP contribution >= 0.6 is 11.6 Å². The third-order valence-corrected chi connectivity index (χ3v) is 4.08. The van der Waals surface area contributed by atoms with Gasteiger partial charge in [-0.25, -0.2) is 0 Å². The van der Waals surface area contributed by atoms with E-state index in [1.165, 1.54) is 0 Å². The van der Waals surface area contributed by atoms with Crippen molar-refractivity contribution in [2.75, 3.05) is 26.2 Å². The van der Waals surface area contributed by atoms with E-state index < -0.39 is 6.10 Å². The van der Waals surface area contributed by atoms with Crippen molar-refractivity contribution >= 4 is 11.6 Å². The van der Waals surface area contributed by atoms with Gasteiger partial charge in [0.15, 0.2) is 5.82 Å². The van der Waals surface area contributed by atoms with E-state index in [4.69, 9.17) is 16.3 Å². The second-order valence-electron chi connectivity index (χ2n) is 5.49. The minimum atomic E-state index is -0.572. The molecule has 2 atom stereocenters. The summed E-state index contributed by atoms with van der Waals surface area (Å²) in [7, 11) is 1.90. The quantitative estimate of drug-likeness (QED) is 0.926. The van der Waals surface area contributed by atoms with E-state index in [1.54, 1.807) is 18.5 Å². The Balaban J connectivity index is 1.64. The van der Waals surface area contributed by atoms with Crippen molar-refractivity contribution in [2.24, 2.45) is 7.05 Å². The molecule has 1 fully saturated rings. The van der Waals surface area contributed by atoms with Crippen LogP contribution in [0.2, 0.25) is 5.02 Å². The zero-order chi connectivity index (χ0) is 15.5. The highest BCUT2D eigenvalue weighted by Gasteiger charge is 2.26. The van der Waals surface area contributed by atoms with Crippen molar-refractivity contribution in [3.05, 3.63) is 47.0 Å². The third kappa shape index (κ3) is 3.47. The molecule has 1 saturated heterocycles. The lowest BCUT2D eigenvalue weighted by Crippen LogP contribution is -2.41. The molecule has 0 spiro atoms. The summed E-state index contributed by atoms with van der Waals surface area (Å²) in [6.45, 7) is 2.62. The Morgan fingerprint density at radius 1 is 1.50 bits per heavy atom. The van der Waals surface area contributed by atoms with Gasteiger partial charge in [0.05, 0.1) is 12.7 Å². The number of aromatic nitrogens is 3. The number of hydrogen-bond donors (Lipinski definition) is 1. The zero-order valence-electron chi connectivity index (χ0n) is 12.4. The maximum Gasteiger partial charge on any atom is 0.163 e. The highest BCUT2D eigenvalue weighted by atomic mass is 35.5. The van der Waals surface area contributed by atoms with Gasteiger partial charge in [0.2, 0.25) is 0 Å². The van der Waals surface area contributed by atoms with Crippen molar-refractivity contribution in [2.45, 2.75) is 12.2 Å². The summed E-state index contributed by atoms with van der Waals surface area (Å²) in [5, 5.41) is 19.0. The predicted molar refractivity (Wildman–Crippen MR) is 82.5 cm³/mol. The molecule has 0 amide bonds. The molecule has 1 aliphatic rings. The van der Waals surface area contributed by atoms with Crippen molar-refractivity contribution in [3.63, 3.8) is 0 Å². The standard InChI is InChI=1S/C15H19ClN4O2/c1-19-10-17-18-15(19)14-9-20(5-6-22-14)8-13(21)11-3-2-4-12(16)7-11/h2-4,7,10,13-14,21H,5-6,8-9H2,1H3/t13-,14+/m0/s1. The highest BCUT2D eigenvalue weighted by Crippen LogP contribution is 2.23. The van der Waals surface area contributed by atoms with Crippen LogP contribution < -0.4 is 0 Å². The molecule has 0 aliphatic carbocycles. The molecule has 3 rings (SSSR count). The van der Waals surface area contributed by atoms with Crippen LogP contribution in [-0.2, 0) is 11.8 Å². The lowest BCUT2D eigenvalue weighted by Gasteiger charge is -2.33. The number of ether oxygens (including phenoxy) is 1. The molecule has 0 unspecified atom stereocenters. The summed E-state index contributed by atoms with van der Waals surface area (Å²) in [5.41, 5.74) is 0.828. The number of benzene rings is 1. The third-order valence-electron chi connectivity index (χ3n) is 3.85. The zero-order valence-corrected chi connectivity index (χ0v) is 13.1. The second kappa shape index (κ2) is 6.75. The summed E-state index contributed by atoms with van der Waals surface area (Å²) in [5.74, 6) is 0.807. The van der Waals surface area contributed by atoms with Crippen LogP contribution in [-0.4, -0.2) is 51.0 Å². The Morgan fingerprint density at radius 3 is 3.09 bits per heavy atom. The van der Waals surface area contributed by atoms with Gasteiger partial charge in [-0.05, 0) is 17.7 Å². The Kier molecular flexibility index (Phi) is 4.73. The Labute approximate surface area is 134 Å². The van der Waals surface area contributed by atoms with Gasteiger partial charge in [-0.1, -0.05) is 23.7 Å². The molecule has 1 N–H and O–H groups in total. The first-order valence-corrected chi connectivity index (χ1v) is 7.62. The highest BCUT2D eigenvalue weighted by molar-refractivity contribution is 6.30. The molecule has 22 heavy (non-hydrogen) atoms. The Morgan fingerprint density at radius 2 is 2.36 bits per heavy atom. The van der Waals surface area contributed by atoms with Gasteiger partial charge in [0.25, 0.3) is 0 Å². The molecule has 118 valence electrons. The predicted octanol–water partition coefficient (Wildman–Crippen LogP) is 1.58. The number of aliphatic hydroxyl groups is 1. The van der Waals surface area contributed by atoms with E-state index in [2.05, 4.69) is 15.1 Å². The van der Waals surface area contributed by atoms with Crippen LogP contribution in [0, 0.1) is 0 Å². The number of morpholine rings is 1. The van der Waals surface area contributed by atoms with Crippen molar-refractivity contribution < 1.29 is 9.84 Å². The molecule has 0 radical (unpaired) electrons. The molecule has 0 bridgehead atoms. The number of aryl methyl sites for hydroxylation is 1. The SMILES string of the molecule is Cn1cnnc1[C@H]1CN(C[C@H](O)c2cccc(Cl)c2)CCO1. The number of halogens is 1. The summed E-state index contributed by atoms with van der Waals surface area (Å²) in [4.78, 5) is 2.18. The molecule has 1 aliphatic heterocycles. The Bertz CT molecular complexity index is 634. The molecule has 6 nitrogen and oxygen atoms in total. The normalized spacial score (nSPS) is 21.0. The van der Waals surface area contributed by atoms with Gasteiger partial charge in [-0.3, -0.25) is 4.90 Å². The van der Waals surface area contributed by atoms with Crippen LogP contribution in [0.1, 0.15) is 23.6 Å². The van der Waals surface area contributed by atoms with Crippen molar-refractivity contribution in [1.29, 1.82) is 0 Å². The topological polar surface area (TPSA) is 63.4 Å². The molecular formula is C15H19ClN4O2. The van der Waals surface area contributed by atoms with E-state index in [9.17, 15) is 5.11 Å². The summed E-state index contributed by atoms with van der Waals surface area (Å²) >= 11 is 5.98. The molecule has 2 heterocycles. The molecule has 1 aromatic heterocycles. The number of hydrogen-bond acceptors (Lipinski definition) is 5. The number of aliphatic hydroxyl groups excluding tert-OH is 1. The van der Waals surface area contributed by atoms with Crippen LogP contribution in [0.25, 0.3) is 0 Å². The summed E-state index contributed by atoms with van der Waals surface area (Å²) in [6.07, 6.45) is 0.975. The van der Waals surface area contributed by atoms with E-state index in [0.717, 1.165) is 17.9 Å². The van der Waals surface area contributed by atoms with Crippen LogP contribution in [0.4, 0.5) is 0 Å². The van der Waals surface area contributed by atoms with Crippen LogP contribution in [0.5, 0.6) is 0 Å². The lowest BCUT2D eigenvalue weighted by molar-refractivity contribution is -0.0474.